The first-order valence-corrected chi connectivity index (χ1v) is 6.57. The minimum absolute atomic E-state index is 0. The van der Waals surface area contributed by atoms with Gasteiger partial charge in [0.1, 0.15) is 0 Å². The van der Waals surface area contributed by atoms with E-state index in [1.54, 1.807) is 0 Å². The summed E-state index contributed by atoms with van der Waals surface area (Å²) in [7, 11) is 4.01. The highest BCUT2D eigenvalue weighted by Crippen LogP contribution is 2.21. The summed E-state index contributed by atoms with van der Waals surface area (Å²) in [5.74, 6) is -0.503. The van der Waals surface area contributed by atoms with Crippen LogP contribution >= 0.6 is 24.8 Å². The molecular weight excluding hydrogens is 315 g/mol. The summed E-state index contributed by atoms with van der Waals surface area (Å²) in [6, 6.07) is 0.0668. The van der Waals surface area contributed by atoms with E-state index in [9.17, 15) is 9.59 Å². The molecule has 0 aliphatic heterocycles. The minimum Gasteiger partial charge on any atom is -0.351 e. The van der Waals surface area contributed by atoms with Crippen molar-refractivity contribution in [2.45, 2.75) is 33.2 Å². The number of hydrogen-bond acceptors (Lipinski definition) is 4. The molecule has 6 nitrogen and oxygen atoms in total. The molecule has 0 aromatic rings. The molecule has 4 N–H and O–H groups in total. The van der Waals surface area contributed by atoms with E-state index >= 15 is 0 Å². The van der Waals surface area contributed by atoms with E-state index in [1.807, 2.05) is 14.1 Å². The molecule has 0 spiro atoms. The lowest BCUT2D eigenvalue weighted by Crippen LogP contribution is -2.49. The van der Waals surface area contributed by atoms with Gasteiger partial charge in [0.15, 0.2) is 0 Å². The van der Waals surface area contributed by atoms with Crippen LogP contribution in [-0.2, 0) is 9.59 Å². The van der Waals surface area contributed by atoms with Crippen LogP contribution in [0, 0.1) is 5.41 Å². The lowest BCUT2D eigenvalue weighted by atomic mass is 9.84. The van der Waals surface area contributed by atoms with Gasteiger partial charge in [-0.1, -0.05) is 20.8 Å². The Hall–Kier alpha value is -0.560. The fourth-order valence-electron chi connectivity index (χ4n) is 1.61. The first kappa shape index (κ1) is 25.4. The van der Waals surface area contributed by atoms with Crippen LogP contribution < -0.4 is 16.4 Å². The Morgan fingerprint density at radius 2 is 1.67 bits per heavy atom. The molecular formula is C13H30Cl2N4O2. The fraction of sp³-hybridized carbons (Fsp3) is 0.846. The van der Waals surface area contributed by atoms with Gasteiger partial charge in [0.25, 0.3) is 0 Å². The average Bonchev–Trinajstić information content (AvgIpc) is 2.29. The maximum atomic E-state index is 11.8. The average molecular weight is 345 g/mol. The number of rotatable bonds is 7. The normalized spacial score (nSPS) is 12.0. The number of carbonyl (C=O) groups is 2. The zero-order valence-electron chi connectivity index (χ0n) is 13.6. The summed E-state index contributed by atoms with van der Waals surface area (Å²) in [5, 5.41) is 5.44. The molecule has 0 bridgehead atoms. The topological polar surface area (TPSA) is 87.5 Å². The highest BCUT2D eigenvalue weighted by molar-refractivity contribution is 5.86. The summed E-state index contributed by atoms with van der Waals surface area (Å²) in [5.41, 5.74) is 5.14. The summed E-state index contributed by atoms with van der Waals surface area (Å²) in [6.45, 7) is 7.04. The smallest absolute Gasteiger partial charge is 0.239 e. The van der Waals surface area contributed by atoms with Gasteiger partial charge in [-0.05, 0) is 32.5 Å². The maximum Gasteiger partial charge on any atom is 0.239 e. The fourth-order valence-corrected chi connectivity index (χ4v) is 1.61. The Kier molecular flexibility index (Phi) is 14.6. The molecule has 1 atom stereocenters. The number of nitrogens with one attached hydrogen (secondary N) is 2. The van der Waals surface area contributed by atoms with Crippen molar-refractivity contribution < 1.29 is 9.59 Å². The molecule has 0 saturated heterocycles. The number of carbonyl (C=O) groups excluding carboxylic acids is 2. The van der Waals surface area contributed by atoms with Crippen molar-refractivity contribution in [3.63, 3.8) is 0 Å². The van der Waals surface area contributed by atoms with Crippen molar-refractivity contribution in [3.8, 4) is 0 Å². The molecule has 0 aliphatic rings. The Morgan fingerprint density at radius 3 is 2.05 bits per heavy atom. The van der Waals surface area contributed by atoms with Crippen LogP contribution in [-0.4, -0.2) is 56.5 Å². The molecule has 2 amide bonds. The summed E-state index contributed by atoms with van der Waals surface area (Å²) < 4.78 is 0. The number of halogens is 2. The molecule has 0 rings (SSSR count). The molecule has 0 fully saturated rings. The van der Waals surface area contributed by atoms with Gasteiger partial charge < -0.3 is 21.3 Å². The van der Waals surface area contributed by atoms with Gasteiger partial charge in [0, 0.05) is 6.04 Å². The highest BCUT2D eigenvalue weighted by atomic mass is 35.5. The molecule has 0 saturated carbocycles. The Morgan fingerprint density at radius 1 is 1.14 bits per heavy atom. The van der Waals surface area contributed by atoms with Gasteiger partial charge in [-0.25, -0.2) is 0 Å². The van der Waals surface area contributed by atoms with Crippen molar-refractivity contribution in [1.82, 2.24) is 15.5 Å². The van der Waals surface area contributed by atoms with E-state index in [0.717, 1.165) is 13.0 Å². The summed E-state index contributed by atoms with van der Waals surface area (Å²) in [4.78, 5) is 24.9. The minimum atomic E-state index is -0.323. The molecule has 8 heteroatoms. The maximum absolute atomic E-state index is 11.8. The predicted octanol–water partition coefficient (Wildman–Crippen LogP) is 0.388. The number of hydrogen-bond donors (Lipinski definition) is 3. The second-order valence-corrected chi connectivity index (χ2v) is 6.06. The lowest BCUT2D eigenvalue weighted by molar-refractivity contribution is -0.126. The van der Waals surface area contributed by atoms with Gasteiger partial charge in [-0.2, -0.15) is 0 Å². The molecule has 0 aliphatic carbocycles. The van der Waals surface area contributed by atoms with Crippen molar-refractivity contribution in [2.24, 2.45) is 11.1 Å². The third kappa shape index (κ3) is 12.9. The first-order chi connectivity index (χ1) is 8.66. The molecule has 0 heterocycles. The molecule has 0 aromatic heterocycles. The monoisotopic (exact) mass is 344 g/mol. The van der Waals surface area contributed by atoms with E-state index in [2.05, 4.69) is 36.3 Å². The predicted molar refractivity (Wildman–Crippen MR) is 91.1 cm³/mol. The van der Waals surface area contributed by atoms with Crippen molar-refractivity contribution >= 4 is 36.6 Å². The molecule has 21 heavy (non-hydrogen) atoms. The van der Waals surface area contributed by atoms with Crippen LogP contribution in [0.5, 0.6) is 0 Å². The Labute approximate surface area is 140 Å². The van der Waals surface area contributed by atoms with E-state index < -0.39 is 0 Å². The quantitative estimate of drug-likeness (QED) is 0.623. The largest absolute Gasteiger partial charge is 0.351 e. The Bertz CT molecular complexity index is 307. The van der Waals surface area contributed by atoms with Crippen LogP contribution in [0.15, 0.2) is 0 Å². The van der Waals surface area contributed by atoms with Crippen molar-refractivity contribution in [1.29, 1.82) is 0 Å². The third-order valence-electron chi connectivity index (χ3n) is 2.88. The number of nitrogens with zero attached hydrogens (tertiary/aromatic N) is 1. The van der Waals surface area contributed by atoms with Gasteiger partial charge >= 0.3 is 0 Å². The molecule has 1 unspecified atom stereocenters. The number of amides is 2. The molecule has 0 radical (unpaired) electrons. The second-order valence-electron chi connectivity index (χ2n) is 6.06. The third-order valence-corrected chi connectivity index (χ3v) is 2.88. The van der Waals surface area contributed by atoms with E-state index in [4.69, 9.17) is 5.73 Å². The lowest BCUT2D eigenvalue weighted by Gasteiger charge is -2.32. The second kappa shape index (κ2) is 12.0. The van der Waals surface area contributed by atoms with Crippen LogP contribution in [0.1, 0.15) is 27.2 Å². The summed E-state index contributed by atoms with van der Waals surface area (Å²) in [6.07, 6.45) is 0.868. The number of nitrogens with two attached hydrogens (primary N) is 1. The van der Waals surface area contributed by atoms with E-state index in [0.29, 0.717) is 0 Å². The highest BCUT2D eigenvalue weighted by Gasteiger charge is 2.25. The first-order valence-electron chi connectivity index (χ1n) is 6.57. The van der Waals surface area contributed by atoms with Crippen LogP contribution in [0.25, 0.3) is 0 Å². The standard InChI is InChI=1S/C13H28N4O2.2ClH/c1-13(2,3)10(6-7-17(4)5)16-12(19)9-15-11(18)8-14;;/h10H,6-9,14H2,1-5H3,(H,15,18)(H,16,19);2*1H. The van der Waals surface area contributed by atoms with Crippen molar-refractivity contribution in [2.75, 3.05) is 33.7 Å². The van der Waals surface area contributed by atoms with Crippen molar-refractivity contribution in [3.05, 3.63) is 0 Å². The van der Waals surface area contributed by atoms with E-state index in [-0.39, 0.29) is 61.2 Å². The Balaban J connectivity index is -0.00000162. The summed E-state index contributed by atoms with van der Waals surface area (Å²) >= 11 is 0. The van der Waals surface area contributed by atoms with E-state index in [1.165, 1.54) is 0 Å². The van der Waals surface area contributed by atoms with Crippen LogP contribution in [0.3, 0.4) is 0 Å². The molecule has 128 valence electrons. The van der Waals surface area contributed by atoms with Crippen LogP contribution in [0.4, 0.5) is 0 Å². The SMILES string of the molecule is CN(C)CCC(NC(=O)CNC(=O)CN)C(C)(C)C.Cl.Cl. The van der Waals surface area contributed by atoms with Crippen LogP contribution in [0.2, 0.25) is 0 Å². The zero-order valence-corrected chi connectivity index (χ0v) is 15.2. The molecule has 0 aromatic carbocycles. The van der Waals surface area contributed by atoms with Gasteiger partial charge in [-0.15, -0.1) is 24.8 Å². The van der Waals surface area contributed by atoms with Gasteiger partial charge in [-0.3, -0.25) is 9.59 Å². The van der Waals surface area contributed by atoms with Gasteiger partial charge in [0.2, 0.25) is 11.8 Å². The van der Waals surface area contributed by atoms with Gasteiger partial charge in [0.05, 0.1) is 13.1 Å². The zero-order chi connectivity index (χ0) is 15.1.